The van der Waals surface area contributed by atoms with Gasteiger partial charge in [0.05, 0.1) is 17.7 Å². The Hall–Kier alpha value is -1.78. The van der Waals surface area contributed by atoms with Crippen molar-refractivity contribution < 1.29 is 9.66 Å². The molecule has 5 nitrogen and oxygen atoms in total. The number of rotatable bonds is 4. The molecule has 5 heteroatoms. The van der Waals surface area contributed by atoms with E-state index in [9.17, 15) is 10.1 Å². The molecule has 0 radical (unpaired) electrons. The van der Waals surface area contributed by atoms with Gasteiger partial charge < -0.3 is 10.1 Å². The van der Waals surface area contributed by atoms with Crippen molar-refractivity contribution >= 4 is 11.4 Å². The highest BCUT2D eigenvalue weighted by molar-refractivity contribution is 5.62. The van der Waals surface area contributed by atoms with E-state index in [-0.39, 0.29) is 10.6 Å². The van der Waals surface area contributed by atoms with Crippen molar-refractivity contribution in [2.24, 2.45) is 5.41 Å². The molecule has 1 atom stereocenters. The van der Waals surface area contributed by atoms with Gasteiger partial charge in [-0.25, -0.2) is 0 Å². The average Bonchev–Trinajstić information content (AvgIpc) is 2.37. The average molecular weight is 278 g/mol. The van der Waals surface area contributed by atoms with Crippen LogP contribution in [0.5, 0.6) is 5.75 Å². The minimum atomic E-state index is -0.380. The molecule has 20 heavy (non-hydrogen) atoms. The smallest absolute Gasteiger partial charge is 0.271 e. The van der Waals surface area contributed by atoms with E-state index in [1.54, 1.807) is 19.2 Å². The summed E-state index contributed by atoms with van der Waals surface area (Å²) in [6, 6.07) is 5.01. The standard InChI is InChI=1S/C15H22N2O3/c1-15(2)8-4-5-11(10-15)16-13-9-12(17(18)19)6-7-14(13)20-3/h6-7,9,11,16H,4-5,8,10H2,1-3H3. The molecular formula is C15H22N2O3. The highest BCUT2D eigenvalue weighted by atomic mass is 16.6. The molecule has 1 aromatic rings. The topological polar surface area (TPSA) is 64.4 Å². The molecule has 1 aliphatic carbocycles. The molecule has 1 N–H and O–H groups in total. The minimum Gasteiger partial charge on any atom is -0.495 e. The fourth-order valence-electron chi connectivity index (χ4n) is 2.96. The number of methoxy groups -OCH3 is 1. The second-order valence-electron chi connectivity index (χ2n) is 6.24. The first kappa shape index (κ1) is 14.6. The zero-order valence-corrected chi connectivity index (χ0v) is 12.3. The number of non-ortho nitro benzene ring substituents is 1. The summed E-state index contributed by atoms with van der Waals surface area (Å²) in [5.74, 6) is 0.652. The van der Waals surface area contributed by atoms with E-state index in [0.717, 1.165) is 12.8 Å². The fourth-order valence-corrected chi connectivity index (χ4v) is 2.96. The van der Waals surface area contributed by atoms with Crippen LogP contribution in [-0.4, -0.2) is 18.1 Å². The number of nitro groups is 1. The van der Waals surface area contributed by atoms with E-state index < -0.39 is 0 Å². The van der Waals surface area contributed by atoms with Crippen molar-refractivity contribution in [2.75, 3.05) is 12.4 Å². The zero-order valence-electron chi connectivity index (χ0n) is 12.3. The van der Waals surface area contributed by atoms with Crippen molar-refractivity contribution in [1.82, 2.24) is 0 Å². The number of hydrogen-bond donors (Lipinski definition) is 1. The van der Waals surface area contributed by atoms with Gasteiger partial charge in [0.2, 0.25) is 0 Å². The summed E-state index contributed by atoms with van der Waals surface area (Å²) in [7, 11) is 1.58. The van der Waals surface area contributed by atoms with Gasteiger partial charge in [-0.05, 0) is 30.7 Å². The molecule has 0 amide bonds. The van der Waals surface area contributed by atoms with Gasteiger partial charge in [-0.3, -0.25) is 10.1 Å². The lowest BCUT2D eigenvalue weighted by atomic mass is 9.75. The van der Waals surface area contributed by atoms with Crippen molar-refractivity contribution in [3.05, 3.63) is 28.3 Å². The quantitative estimate of drug-likeness (QED) is 0.668. The molecule has 2 rings (SSSR count). The molecule has 1 aliphatic rings. The van der Waals surface area contributed by atoms with Crippen LogP contribution in [0.1, 0.15) is 39.5 Å². The third-order valence-corrected chi connectivity index (χ3v) is 3.96. The molecule has 0 heterocycles. The molecule has 1 fully saturated rings. The van der Waals surface area contributed by atoms with Gasteiger partial charge in [-0.2, -0.15) is 0 Å². The molecule has 0 aliphatic heterocycles. The predicted molar refractivity (Wildman–Crippen MR) is 79.3 cm³/mol. The summed E-state index contributed by atoms with van der Waals surface area (Å²) in [5.41, 5.74) is 1.12. The Morgan fingerprint density at radius 3 is 2.80 bits per heavy atom. The Morgan fingerprint density at radius 1 is 1.45 bits per heavy atom. The van der Waals surface area contributed by atoms with Gasteiger partial charge >= 0.3 is 0 Å². The maximum Gasteiger partial charge on any atom is 0.271 e. The van der Waals surface area contributed by atoms with Crippen LogP contribution in [0.15, 0.2) is 18.2 Å². The normalized spacial score (nSPS) is 21.2. The van der Waals surface area contributed by atoms with Crippen LogP contribution in [0.25, 0.3) is 0 Å². The van der Waals surface area contributed by atoms with Crippen LogP contribution in [0.2, 0.25) is 0 Å². The maximum absolute atomic E-state index is 10.9. The molecule has 0 bridgehead atoms. The summed E-state index contributed by atoms with van der Waals surface area (Å²) in [4.78, 5) is 10.5. The van der Waals surface area contributed by atoms with Crippen LogP contribution < -0.4 is 10.1 Å². The number of nitro benzene ring substituents is 1. The van der Waals surface area contributed by atoms with Gasteiger partial charge in [0, 0.05) is 18.2 Å². The Morgan fingerprint density at radius 2 is 2.20 bits per heavy atom. The van der Waals surface area contributed by atoms with Gasteiger partial charge in [0.25, 0.3) is 5.69 Å². The van der Waals surface area contributed by atoms with E-state index >= 15 is 0 Å². The SMILES string of the molecule is COc1ccc([N+](=O)[O-])cc1NC1CCCC(C)(C)C1. The summed E-state index contributed by atoms with van der Waals surface area (Å²) < 4.78 is 5.29. The van der Waals surface area contributed by atoms with Crippen LogP contribution in [0.4, 0.5) is 11.4 Å². The molecule has 0 saturated heterocycles. The first-order valence-electron chi connectivity index (χ1n) is 7.00. The lowest BCUT2D eigenvalue weighted by Gasteiger charge is -2.36. The van der Waals surface area contributed by atoms with Gasteiger partial charge in [0.15, 0.2) is 0 Å². The number of hydrogen-bond acceptors (Lipinski definition) is 4. The van der Waals surface area contributed by atoms with Crippen LogP contribution in [0.3, 0.4) is 0 Å². The van der Waals surface area contributed by atoms with Gasteiger partial charge in [-0.15, -0.1) is 0 Å². The minimum absolute atomic E-state index is 0.0865. The summed E-state index contributed by atoms with van der Waals surface area (Å²) in [6.07, 6.45) is 4.58. The number of ether oxygens (including phenoxy) is 1. The number of nitrogens with zero attached hydrogens (tertiary/aromatic N) is 1. The van der Waals surface area contributed by atoms with Gasteiger partial charge in [-0.1, -0.05) is 20.3 Å². The molecule has 1 saturated carbocycles. The van der Waals surface area contributed by atoms with Crippen molar-refractivity contribution in [3.63, 3.8) is 0 Å². The van der Waals surface area contributed by atoms with E-state index in [4.69, 9.17) is 4.74 Å². The second kappa shape index (κ2) is 5.69. The largest absolute Gasteiger partial charge is 0.495 e. The van der Waals surface area contributed by atoms with E-state index in [2.05, 4.69) is 19.2 Å². The number of benzene rings is 1. The molecular weight excluding hydrogens is 256 g/mol. The first-order chi connectivity index (χ1) is 9.41. The number of anilines is 1. The molecule has 1 aromatic carbocycles. The highest BCUT2D eigenvalue weighted by Crippen LogP contribution is 2.38. The maximum atomic E-state index is 10.9. The van der Waals surface area contributed by atoms with E-state index in [0.29, 0.717) is 22.9 Å². The molecule has 1 unspecified atom stereocenters. The van der Waals surface area contributed by atoms with Crippen LogP contribution in [0, 0.1) is 15.5 Å². The first-order valence-corrected chi connectivity index (χ1v) is 7.00. The Labute approximate surface area is 119 Å². The fraction of sp³-hybridized carbons (Fsp3) is 0.600. The van der Waals surface area contributed by atoms with E-state index in [1.807, 2.05) is 0 Å². The molecule has 0 spiro atoms. The predicted octanol–water partition coefficient (Wildman–Crippen LogP) is 3.98. The Bertz CT molecular complexity index is 500. The zero-order chi connectivity index (χ0) is 14.8. The molecule has 0 aromatic heterocycles. The summed E-state index contributed by atoms with van der Waals surface area (Å²) in [5, 5.41) is 14.3. The monoisotopic (exact) mass is 278 g/mol. The summed E-state index contributed by atoms with van der Waals surface area (Å²) in [6.45, 7) is 4.54. The Balaban J connectivity index is 2.18. The second-order valence-corrected chi connectivity index (χ2v) is 6.24. The third kappa shape index (κ3) is 3.40. The van der Waals surface area contributed by atoms with E-state index in [1.165, 1.54) is 18.9 Å². The summed E-state index contributed by atoms with van der Waals surface area (Å²) >= 11 is 0. The van der Waals surface area contributed by atoms with Crippen molar-refractivity contribution in [3.8, 4) is 5.75 Å². The Kier molecular flexibility index (Phi) is 4.16. The van der Waals surface area contributed by atoms with Crippen LogP contribution >= 0.6 is 0 Å². The van der Waals surface area contributed by atoms with Gasteiger partial charge in [0.1, 0.15) is 5.75 Å². The van der Waals surface area contributed by atoms with Crippen molar-refractivity contribution in [2.45, 2.75) is 45.6 Å². The van der Waals surface area contributed by atoms with Crippen LogP contribution in [-0.2, 0) is 0 Å². The lowest BCUT2D eigenvalue weighted by Crippen LogP contribution is -2.31. The van der Waals surface area contributed by atoms with Crippen molar-refractivity contribution in [1.29, 1.82) is 0 Å². The third-order valence-electron chi connectivity index (χ3n) is 3.96. The lowest BCUT2D eigenvalue weighted by molar-refractivity contribution is -0.384. The highest BCUT2D eigenvalue weighted by Gasteiger charge is 2.28. The number of nitrogens with one attached hydrogen (secondary N) is 1. The molecule has 110 valence electrons.